The molecule has 3 N–H and O–H groups in total. The van der Waals surface area contributed by atoms with Gasteiger partial charge >= 0.3 is 12.0 Å². The molecule has 20 heavy (non-hydrogen) atoms. The number of thiazole rings is 1. The predicted octanol–water partition coefficient (Wildman–Crippen LogP) is 1.07. The summed E-state index contributed by atoms with van der Waals surface area (Å²) in [6, 6.07) is -1.50. The van der Waals surface area contributed by atoms with Crippen LogP contribution in [0, 0.1) is 0 Å². The molecule has 0 unspecified atom stereocenters. The van der Waals surface area contributed by atoms with Gasteiger partial charge in [-0.05, 0) is 12.8 Å². The van der Waals surface area contributed by atoms with Gasteiger partial charge in [0.2, 0.25) is 0 Å². The van der Waals surface area contributed by atoms with Gasteiger partial charge in [-0.25, -0.2) is 14.6 Å². The van der Waals surface area contributed by atoms with E-state index in [0.29, 0.717) is 11.0 Å². The summed E-state index contributed by atoms with van der Waals surface area (Å²) in [6.45, 7) is 0.0314. The van der Waals surface area contributed by atoms with Gasteiger partial charge in [0.1, 0.15) is 6.04 Å². The summed E-state index contributed by atoms with van der Waals surface area (Å²) in [7, 11) is 0. The van der Waals surface area contributed by atoms with Crippen LogP contribution in [0.1, 0.15) is 30.9 Å². The fourth-order valence-electron chi connectivity index (χ4n) is 2.35. The second kappa shape index (κ2) is 5.02. The maximum Gasteiger partial charge on any atom is 0.326 e. The van der Waals surface area contributed by atoms with Gasteiger partial charge in [-0.15, -0.1) is 11.3 Å². The number of aliphatic hydroxyl groups excluding tert-OH is 1. The number of hydrogen-bond donors (Lipinski definition) is 3. The number of carboxylic acid groups (broad SMARTS) is 1. The number of urea groups is 1. The Labute approximate surface area is 119 Å². The first-order chi connectivity index (χ1) is 9.54. The molecule has 1 aliphatic heterocycles. The number of carboxylic acids is 1. The number of anilines is 1. The standard InChI is InChI=1S/C12H15N3O4S/c16-7-3-9(10(17)18)15(4-7)12(19)14-11-13-8(5-20-11)6-1-2-6/h5-7,9,16H,1-4H2,(H,17,18)(H,13,14,19)/t7-,9-/m0/s1. The second-order valence-corrected chi connectivity index (χ2v) is 6.04. The monoisotopic (exact) mass is 297 g/mol. The van der Waals surface area contributed by atoms with Crippen molar-refractivity contribution in [2.75, 3.05) is 11.9 Å². The third-order valence-corrected chi connectivity index (χ3v) is 4.33. The lowest BCUT2D eigenvalue weighted by Crippen LogP contribution is -2.43. The summed E-state index contributed by atoms with van der Waals surface area (Å²) in [6.07, 6.45) is 1.54. The molecule has 0 bridgehead atoms. The molecular weight excluding hydrogens is 282 g/mol. The topological polar surface area (TPSA) is 103 Å². The van der Waals surface area contributed by atoms with Crippen LogP contribution < -0.4 is 5.32 Å². The van der Waals surface area contributed by atoms with Gasteiger partial charge in [0, 0.05) is 24.3 Å². The lowest BCUT2D eigenvalue weighted by Gasteiger charge is -2.20. The van der Waals surface area contributed by atoms with E-state index in [1.807, 2.05) is 5.38 Å². The van der Waals surface area contributed by atoms with Crippen molar-refractivity contribution in [1.29, 1.82) is 0 Å². The van der Waals surface area contributed by atoms with Gasteiger partial charge in [0.25, 0.3) is 0 Å². The largest absolute Gasteiger partial charge is 0.480 e. The molecule has 0 spiro atoms. The highest BCUT2D eigenvalue weighted by Gasteiger charge is 2.39. The van der Waals surface area contributed by atoms with Gasteiger partial charge < -0.3 is 15.1 Å². The Hall–Kier alpha value is -1.67. The summed E-state index contributed by atoms with van der Waals surface area (Å²) in [5.41, 5.74) is 0.988. The van der Waals surface area contributed by atoms with Crippen molar-refractivity contribution < 1.29 is 19.8 Å². The molecule has 1 aromatic heterocycles. The van der Waals surface area contributed by atoms with E-state index in [-0.39, 0.29) is 13.0 Å². The van der Waals surface area contributed by atoms with E-state index in [1.165, 1.54) is 11.3 Å². The SMILES string of the molecule is O=C(O)[C@@H]1C[C@H](O)CN1C(=O)Nc1nc(C2CC2)cs1. The maximum atomic E-state index is 12.1. The van der Waals surface area contributed by atoms with Crippen LogP contribution >= 0.6 is 11.3 Å². The lowest BCUT2D eigenvalue weighted by atomic mass is 10.2. The van der Waals surface area contributed by atoms with Crippen molar-refractivity contribution in [3.05, 3.63) is 11.1 Å². The number of carbonyl (C=O) groups excluding carboxylic acids is 1. The Morgan fingerprint density at radius 3 is 2.85 bits per heavy atom. The molecular formula is C12H15N3O4S. The van der Waals surface area contributed by atoms with Crippen LogP contribution in [0.2, 0.25) is 0 Å². The highest BCUT2D eigenvalue weighted by molar-refractivity contribution is 7.13. The van der Waals surface area contributed by atoms with E-state index in [9.17, 15) is 14.7 Å². The number of β-amino-alcohol motifs (C(OH)–C–C–N with tert-alkyl or cyclic N) is 1. The van der Waals surface area contributed by atoms with Crippen LogP contribution in [0.5, 0.6) is 0 Å². The molecule has 1 saturated carbocycles. The average Bonchev–Trinajstić information content (AvgIpc) is 3.01. The molecule has 2 amide bonds. The van der Waals surface area contributed by atoms with Gasteiger partial charge in [0.05, 0.1) is 11.8 Å². The zero-order valence-corrected chi connectivity index (χ0v) is 11.5. The smallest absolute Gasteiger partial charge is 0.326 e. The van der Waals surface area contributed by atoms with Crippen LogP contribution in [0.15, 0.2) is 5.38 Å². The maximum absolute atomic E-state index is 12.1. The van der Waals surface area contributed by atoms with E-state index in [2.05, 4.69) is 10.3 Å². The number of nitrogens with zero attached hydrogens (tertiary/aromatic N) is 2. The molecule has 7 nitrogen and oxygen atoms in total. The molecule has 8 heteroatoms. The van der Waals surface area contributed by atoms with E-state index in [4.69, 9.17) is 5.11 Å². The number of aliphatic hydroxyl groups is 1. The molecule has 0 aromatic carbocycles. The summed E-state index contributed by atoms with van der Waals surface area (Å²) in [4.78, 5) is 28.6. The first-order valence-corrected chi connectivity index (χ1v) is 7.36. The normalized spacial score (nSPS) is 25.8. The number of hydrogen-bond acceptors (Lipinski definition) is 5. The van der Waals surface area contributed by atoms with E-state index in [1.54, 1.807) is 0 Å². The third kappa shape index (κ3) is 2.61. The molecule has 1 aromatic rings. The minimum Gasteiger partial charge on any atom is -0.480 e. The fourth-order valence-corrected chi connectivity index (χ4v) is 3.13. The van der Waals surface area contributed by atoms with Crippen molar-refractivity contribution >= 4 is 28.5 Å². The van der Waals surface area contributed by atoms with Crippen molar-refractivity contribution in [1.82, 2.24) is 9.88 Å². The Bertz CT molecular complexity index is 543. The number of nitrogens with one attached hydrogen (secondary N) is 1. The number of carbonyl (C=O) groups is 2. The third-order valence-electron chi connectivity index (χ3n) is 3.56. The van der Waals surface area contributed by atoms with Gasteiger partial charge in [0.15, 0.2) is 5.13 Å². The number of rotatable bonds is 3. The Balaban J connectivity index is 1.66. The minimum absolute atomic E-state index is 0.0314. The number of aliphatic carboxylic acids is 1. The van der Waals surface area contributed by atoms with Crippen molar-refractivity contribution in [2.45, 2.75) is 37.3 Å². The Morgan fingerprint density at radius 2 is 2.20 bits per heavy atom. The number of aromatic nitrogens is 1. The van der Waals surface area contributed by atoms with E-state index in [0.717, 1.165) is 23.4 Å². The summed E-state index contributed by atoms with van der Waals surface area (Å²) in [5, 5.41) is 23.6. The molecule has 2 fully saturated rings. The average molecular weight is 297 g/mol. The van der Waals surface area contributed by atoms with Crippen molar-refractivity contribution in [2.24, 2.45) is 0 Å². The molecule has 108 valence electrons. The highest BCUT2D eigenvalue weighted by Crippen LogP contribution is 2.40. The lowest BCUT2D eigenvalue weighted by molar-refractivity contribution is -0.141. The van der Waals surface area contributed by atoms with E-state index < -0.39 is 24.1 Å². The zero-order chi connectivity index (χ0) is 14.3. The molecule has 1 saturated heterocycles. The molecule has 3 rings (SSSR count). The van der Waals surface area contributed by atoms with E-state index >= 15 is 0 Å². The van der Waals surface area contributed by atoms with Crippen LogP contribution in [0.4, 0.5) is 9.93 Å². The number of likely N-dealkylation sites (tertiary alicyclic amines) is 1. The first kappa shape index (κ1) is 13.3. The van der Waals surface area contributed by atoms with Crippen LogP contribution in [-0.4, -0.2) is 50.8 Å². The molecule has 2 atom stereocenters. The molecule has 2 aliphatic rings. The molecule has 1 aliphatic carbocycles. The number of amides is 2. The summed E-state index contributed by atoms with van der Waals surface area (Å²) >= 11 is 1.34. The van der Waals surface area contributed by atoms with Gasteiger partial charge in [-0.2, -0.15) is 0 Å². The van der Waals surface area contributed by atoms with Gasteiger partial charge in [-0.3, -0.25) is 5.32 Å². The first-order valence-electron chi connectivity index (χ1n) is 6.48. The van der Waals surface area contributed by atoms with Crippen LogP contribution in [-0.2, 0) is 4.79 Å². The van der Waals surface area contributed by atoms with Crippen molar-refractivity contribution in [3.63, 3.8) is 0 Å². The zero-order valence-electron chi connectivity index (χ0n) is 10.7. The summed E-state index contributed by atoms with van der Waals surface area (Å²) < 4.78 is 0. The molecule has 2 heterocycles. The predicted molar refractivity (Wildman–Crippen MR) is 71.9 cm³/mol. The Morgan fingerprint density at radius 1 is 1.45 bits per heavy atom. The Kier molecular flexibility index (Phi) is 3.35. The van der Waals surface area contributed by atoms with Crippen LogP contribution in [0.3, 0.4) is 0 Å². The van der Waals surface area contributed by atoms with Crippen molar-refractivity contribution in [3.8, 4) is 0 Å². The fraction of sp³-hybridized carbons (Fsp3) is 0.583. The molecule has 0 radical (unpaired) electrons. The highest BCUT2D eigenvalue weighted by atomic mass is 32.1. The summed E-state index contributed by atoms with van der Waals surface area (Å²) in [5.74, 6) is -0.591. The van der Waals surface area contributed by atoms with Gasteiger partial charge in [-0.1, -0.05) is 0 Å². The quantitative estimate of drug-likeness (QED) is 0.774. The second-order valence-electron chi connectivity index (χ2n) is 5.18. The minimum atomic E-state index is -1.10. The van der Waals surface area contributed by atoms with Crippen LogP contribution in [0.25, 0.3) is 0 Å².